The first-order valence-electron chi connectivity index (χ1n) is 5.92. The summed E-state index contributed by atoms with van der Waals surface area (Å²) in [6.07, 6.45) is 1.31. The van der Waals surface area contributed by atoms with Crippen LogP contribution in [-0.2, 0) is 4.74 Å². The molecule has 2 aromatic rings. The van der Waals surface area contributed by atoms with E-state index in [1.54, 1.807) is 7.11 Å². The van der Waals surface area contributed by atoms with Crippen molar-refractivity contribution >= 4 is 32.5 Å². The molecule has 0 aromatic heterocycles. The van der Waals surface area contributed by atoms with Crippen molar-refractivity contribution in [3.05, 3.63) is 46.4 Å². The van der Waals surface area contributed by atoms with Gasteiger partial charge in [0.15, 0.2) is 5.78 Å². The van der Waals surface area contributed by atoms with Crippen LogP contribution in [0.5, 0.6) is 0 Å². The van der Waals surface area contributed by atoms with Gasteiger partial charge in [-0.15, -0.1) is 0 Å². The Balaban J connectivity index is 2.19. The molecule has 2 rings (SSSR count). The molecule has 0 aliphatic rings. The lowest BCUT2D eigenvalue weighted by Gasteiger charge is -2.04. The molecule has 0 radical (unpaired) electrons. The number of methoxy groups -OCH3 is 1. The van der Waals surface area contributed by atoms with Crippen molar-refractivity contribution in [2.24, 2.45) is 0 Å². The van der Waals surface area contributed by atoms with Crippen molar-refractivity contribution in [3.8, 4) is 0 Å². The van der Waals surface area contributed by atoms with Gasteiger partial charge in [-0.1, -0.05) is 34.1 Å². The Morgan fingerprint density at radius 1 is 1.17 bits per heavy atom. The molecule has 18 heavy (non-hydrogen) atoms. The standard InChI is InChI=1S/C15H15BrO2/c1-18-8-2-3-15(17)13-5-4-12-10-14(16)7-6-11(12)9-13/h4-7,9-10H,2-3,8H2,1H3. The van der Waals surface area contributed by atoms with Crippen molar-refractivity contribution in [3.63, 3.8) is 0 Å². The van der Waals surface area contributed by atoms with Crippen molar-refractivity contribution < 1.29 is 9.53 Å². The number of carbonyl (C=O) groups excluding carboxylic acids is 1. The normalized spacial score (nSPS) is 10.8. The number of halogens is 1. The van der Waals surface area contributed by atoms with E-state index >= 15 is 0 Å². The number of ketones is 1. The maximum absolute atomic E-state index is 12.0. The van der Waals surface area contributed by atoms with Gasteiger partial charge in [-0.25, -0.2) is 0 Å². The fourth-order valence-electron chi connectivity index (χ4n) is 1.91. The molecule has 0 fully saturated rings. The van der Waals surface area contributed by atoms with Gasteiger partial charge in [0.25, 0.3) is 0 Å². The monoisotopic (exact) mass is 306 g/mol. The molecular weight excluding hydrogens is 292 g/mol. The predicted molar refractivity (Wildman–Crippen MR) is 77.1 cm³/mol. The highest BCUT2D eigenvalue weighted by Gasteiger charge is 2.06. The lowest BCUT2D eigenvalue weighted by molar-refractivity contribution is 0.0963. The molecule has 0 spiro atoms. The van der Waals surface area contributed by atoms with Gasteiger partial charge >= 0.3 is 0 Å². The molecule has 0 bridgehead atoms. The van der Waals surface area contributed by atoms with Crippen LogP contribution in [0.15, 0.2) is 40.9 Å². The number of hydrogen-bond acceptors (Lipinski definition) is 2. The molecular formula is C15H15BrO2. The first-order valence-corrected chi connectivity index (χ1v) is 6.71. The Kier molecular flexibility index (Phi) is 4.50. The van der Waals surface area contributed by atoms with E-state index in [1.807, 2.05) is 30.3 Å². The summed E-state index contributed by atoms with van der Waals surface area (Å²) in [6.45, 7) is 0.631. The summed E-state index contributed by atoms with van der Waals surface area (Å²) in [7, 11) is 1.65. The van der Waals surface area contributed by atoms with E-state index in [0.29, 0.717) is 13.0 Å². The fourth-order valence-corrected chi connectivity index (χ4v) is 2.29. The van der Waals surface area contributed by atoms with Gasteiger partial charge < -0.3 is 4.74 Å². The molecule has 2 nitrogen and oxygen atoms in total. The average molecular weight is 307 g/mol. The Morgan fingerprint density at radius 2 is 1.89 bits per heavy atom. The molecule has 0 unspecified atom stereocenters. The fraction of sp³-hybridized carbons (Fsp3) is 0.267. The first kappa shape index (κ1) is 13.2. The van der Waals surface area contributed by atoms with Gasteiger partial charge in [0, 0.05) is 30.2 Å². The van der Waals surface area contributed by atoms with Crippen LogP contribution in [0, 0.1) is 0 Å². The van der Waals surface area contributed by atoms with E-state index in [9.17, 15) is 4.79 Å². The van der Waals surface area contributed by atoms with Crippen LogP contribution in [0.1, 0.15) is 23.2 Å². The second kappa shape index (κ2) is 6.12. The molecule has 0 aliphatic heterocycles. The minimum Gasteiger partial charge on any atom is -0.385 e. The number of ether oxygens (including phenoxy) is 1. The van der Waals surface area contributed by atoms with Crippen molar-refractivity contribution in [2.45, 2.75) is 12.8 Å². The van der Waals surface area contributed by atoms with Gasteiger partial charge in [-0.05, 0) is 35.4 Å². The van der Waals surface area contributed by atoms with Crippen LogP contribution < -0.4 is 0 Å². The highest BCUT2D eigenvalue weighted by molar-refractivity contribution is 9.10. The Morgan fingerprint density at radius 3 is 2.67 bits per heavy atom. The second-order valence-electron chi connectivity index (χ2n) is 4.23. The second-order valence-corrected chi connectivity index (χ2v) is 5.14. The molecule has 0 aliphatic carbocycles. The average Bonchev–Trinajstić information content (AvgIpc) is 2.38. The number of rotatable bonds is 5. The molecule has 3 heteroatoms. The van der Waals surface area contributed by atoms with Crippen molar-refractivity contribution in [1.29, 1.82) is 0 Å². The predicted octanol–water partition coefficient (Wildman–Crippen LogP) is 4.21. The van der Waals surface area contributed by atoms with Crippen molar-refractivity contribution in [1.82, 2.24) is 0 Å². The molecule has 0 saturated carbocycles. The van der Waals surface area contributed by atoms with Crippen LogP contribution in [0.4, 0.5) is 0 Å². The minimum absolute atomic E-state index is 0.178. The van der Waals surface area contributed by atoms with Gasteiger partial charge in [0.05, 0.1) is 0 Å². The third kappa shape index (κ3) is 3.18. The van der Waals surface area contributed by atoms with Gasteiger partial charge in [0.1, 0.15) is 0 Å². The topological polar surface area (TPSA) is 26.3 Å². The van der Waals surface area contributed by atoms with Gasteiger partial charge in [-0.2, -0.15) is 0 Å². The van der Waals surface area contributed by atoms with E-state index in [2.05, 4.69) is 22.0 Å². The SMILES string of the molecule is COCCCC(=O)c1ccc2cc(Br)ccc2c1. The number of benzene rings is 2. The number of carbonyl (C=O) groups is 1. The zero-order chi connectivity index (χ0) is 13.0. The zero-order valence-electron chi connectivity index (χ0n) is 10.3. The molecule has 0 amide bonds. The van der Waals surface area contributed by atoms with E-state index in [1.165, 1.54) is 0 Å². The largest absolute Gasteiger partial charge is 0.385 e. The summed E-state index contributed by atoms with van der Waals surface area (Å²) in [6, 6.07) is 11.9. The lowest BCUT2D eigenvalue weighted by Crippen LogP contribution is -2.01. The summed E-state index contributed by atoms with van der Waals surface area (Å²) in [5.74, 6) is 0.178. The summed E-state index contributed by atoms with van der Waals surface area (Å²) < 4.78 is 6.00. The lowest BCUT2D eigenvalue weighted by atomic mass is 10.0. The van der Waals surface area contributed by atoms with Crippen LogP contribution >= 0.6 is 15.9 Å². The number of fused-ring (bicyclic) bond motifs is 1. The quantitative estimate of drug-likeness (QED) is 0.611. The first-order chi connectivity index (χ1) is 8.70. The minimum atomic E-state index is 0.178. The molecule has 0 heterocycles. The number of Topliss-reactive ketones (excluding diaryl/α,β-unsaturated/α-hetero) is 1. The Hall–Kier alpha value is -1.19. The van der Waals surface area contributed by atoms with Crippen LogP contribution in [-0.4, -0.2) is 19.5 Å². The third-order valence-electron chi connectivity index (χ3n) is 2.88. The smallest absolute Gasteiger partial charge is 0.162 e. The van der Waals surface area contributed by atoms with Crippen LogP contribution in [0.3, 0.4) is 0 Å². The third-order valence-corrected chi connectivity index (χ3v) is 3.37. The summed E-state index contributed by atoms with van der Waals surface area (Å²) in [5.41, 5.74) is 0.779. The van der Waals surface area contributed by atoms with E-state index in [4.69, 9.17) is 4.74 Å². The van der Waals surface area contributed by atoms with Crippen molar-refractivity contribution in [2.75, 3.05) is 13.7 Å². The maximum atomic E-state index is 12.0. The molecule has 0 atom stereocenters. The maximum Gasteiger partial charge on any atom is 0.162 e. The zero-order valence-corrected chi connectivity index (χ0v) is 11.9. The Labute approximate surface area is 115 Å². The molecule has 94 valence electrons. The molecule has 0 N–H and O–H groups in total. The highest BCUT2D eigenvalue weighted by atomic mass is 79.9. The van der Waals surface area contributed by atoms with Crippen LogP contribution in [0.2, 0.25) is 0 Å². The molecule has 0 saturated heterocycles. The van der Waals surface area contributed by atoms with E-state index in [-0.39, 0.29) is 5.78 Å². The van der Waals surface area contributed by atoms with E-state index < -0.39 is 0 Å². The number of hydrogen-bond donors (Lipinski definition) is 0. The Bertz CT molecular complexity index is 563. The van der Waals surface area contributed by atoms with E-state index in [0.717, 1.165) is 27.2 Å². The summed E-state index contributed by atoms with van der Waals surface area (Å²) in [4.78, 5) is 12.0. The summed E-state index contributed by atoms with van der Waals surface area (Å²) in [5, 5.41) is 2.23. The van der Waals surface area contributed by atoms with Gasteiger partial charge in [-0.3, -0.25) is 4.79 Å². The van der Waals surface area contributed by atoms with Crippen LogP contribution in [0.25, 0.3) is 10.8 Å². The summed E-state index contributed by atoms with van der Waals surface area (Å²) >= 11 is 3.44. The van der Waals surface area contributed by atoms with Gasteiger partial charge in [0.2, 0.25) is 0 Å². The highest BCUT2D eigenvalue weighted by Crippen LogP contribution is 2.21. The molecule has 2 aromatic carbocycles.